The number of nitrogens with one attached hydrogen (secondary N) is 1. The van der Waals surface area contributed by atoms with Crippen LogP contribution in [0.4, 0.5) is 0 Å². The zero-order valence-corrected chi connectivity index (χ0v) is 25.3. The van der Waals surface area contributed by atoms with E-state index in [1.54, 1.807) is 6.92 Å². The molecule has 2 aromatic rings. The number of aromatic nitrogens is 2. The fourth-order valence-electron chi connectivity index (χ4n) is 5.40. The third-order valence-electron chi connectivity index (χ3n) is 8.62. The van der Waals surface area contributed by atoms with Crippen LogP contribution in [0.3, 0.4) is 0 Å². The third-order valence-corrected chi connectivity index (χ3v) is 13.1. The van der Waals surface area contributed by atoms with Gasteiger partial charge in [0.25, 0.3) is 5.56 Å². The van der Waals surface area contributed by atoms with Crippen LogP contribution in [0.1, 0.15) is 71.2 Å². The summed E-state index contributed by atoms with van der Waals surface area (Å²) in [6.07, 6.45) is 0.786. The standard InChI is InChI=1S/C29H42N2O7Si/c1-9-29(28(15-16-28)38-39(7,8)27(4,5)6)23(35-18-21-13-11-10-12-14-21)22(36-20(3)32)25(37-29)31-17-19(2)24(33)30-26(31)34/h10-14,17,22-23,25H,9,15-16,18H2,1-8H3,(H,30,33,34)/t22-,23?,25+,29-/m0/s1. The molecule has 4 rings (SSSR count). The van der Waals surface area contributed by atoms with Crippen LogP contribution in [-0.2, 0) is 30.0 Å². The summed E-state index contributed by atoms with van der Waals surface area (Å²) >= 11 is 0. The monoisotopic (exact) mass is 558 g/mol. The quantitative estimate of drug-likeness (QED) is 0.354. The molecule has 1 unspecified atom stereocenters. The molecular weight excluding hydrogens is 516 g/mol. The van der Waals surface area contributed by atoms with Crippen molar-refractivity contribution in [2.24, 2.45) is 0 Å². The van der Waals surface area contributed by atoms with Gasteiger partial charge in [-0.15, -0.1) is 0 Å². The van der Waals surface area contributed by atoms with E-state index < -0.39 is 55.2 Å². The molecule has 39 heavy (non-hydrogen) atoms. The Morgan fingerprint density at radius 3 is 2.36 bits per heavy atom. The Bertz CT molecular complexity index is 1310. The molecule has 2 aliphatic rings. The average Bonchev–Trinajstić information content (AvgIpc) is 3.55. The minimum absolute atomic E-state index is 0.0435. The van der Waals surface area contributed by atoms with Gasteiger partial charge in [0.05, 0.1) is 12.2 Å². The summed E-state index contributed by atoms with van der Waals surface area (Å²) in [6.45, 7) is 16.2. The number of rotatable bonds is 9. The van der Waals surface area contributed by atoms with Crippen LogP contribution < -0.4 is 11.2 Å². The first-order valence-corrected chi connectivity index (χ1v) is 16.6. The highest BCUT2D eigenvalue weighted by Gasteiger charge is 2.73. The van der Waals surface area contributed by atoms with E-state index in [9.17, 15) is 14.4 Å². The number of aryl methyl sites for hydroxylation is 1. The Kier molecular flexibility index (Phi) is 7.90. The van der Waals surface area contributed by atoms with Gasteiger partial charge in [-0.25, -0.2) is 4.79 Å². The predicted molar refractivity (Wildman–Crippen MR) is 150 cm³/mol. The molecule has 0 bridgehead atoms. The Morgan fingerprint density at radius 2 is 1.82 bits per heavy atom. The minimum atomic E-state index is -2.27. The van der Waals surface area contributed by atoms with Crippen molar-refractivity contribution in [1.82, 2.24) is 9.55 Å². The first kappa shape index (κ1) is 29.4. The van der Waals surface area contributed by atoms with Gasteiger partial charge in [-0.3, -0.25) is 19.1 Å². The van der Waals surface area contributed by atoms with Crippen LogP contribution >= 0.6 is 0 Å². The van der Waals surface area contributed by atoms with Crippen LogP contribution in [-0.4, -0.2) is 47.2 Å². The maximum absolute atomic E-state index is 13.0. The summed E-state index contributed by atoms with van der Waals surface area (Å²) in [4.78, 5) is 40.0. The smallest absolute Gasteiger partial charge is 0.330 e. The lowest BCUT2D eigenvalue weighted by Gasteiger charge is -2.47. The van der Waals surface area contributed by atoms with E-state index in [2.05, 4.69) is 38.8 Å². The van der Waals surface area contributed by atoms with Crippen LogP contribution in [0.15, 0.2) is 46.1 Å². The third kappa shape index (κ3) is 5.44. The highest BCUT2D eigenvalue weighted by molar-refractivity contribution is 6.74. The van der Waals surface area contributed by atoms with E-state index in [-0.39, 0.29) is 11.6 Å². The lowest BCUT2D eigenvalue weighted by molar-refractivity contribution is -0.185. The second-order valence-corrected chi connectivity index (χ2v) is 17.1. The number of esters is 1. The van der Waals surface area contributed by atoms with Gasteiger partial charge in [-0.1, -0.05) is 58.0 Å². The van der Waals surface area contributed by atoms with E-state index in [1.807, 2.05) is 37.3 Å². The van der Waals surface area contributed by atoms with Crippen LogP contribution in [0.5, 0.6) is 0 Å². The highest BCUT2D eigenvalue weighted by Crippen LogP contribution is 2.61. The van der Waals surface area contributed by atoms with Crippen LogP contribution in [0.25, 0.3) is 0 Å². The summed E-state index contributed by atoms with van der Waals surface area (Å²) in [7, 11) is -2.27. The molecule has 1 aliphatic carbocycles. The topological polar surface area (TPSA) is 109 Å². The van der Waals surface area contributed by atoms with E-state index in [0.29, 0.717) is 12.0 Å². The Morgan fingerprint density at radius 1 is 1.18 bits per heavy atom. The number of carbonyl (C=O) groups excluding carboxylic acids is 1. The van der Waals surface area contributed by atoms with Crippen molar-refractivity contribution in [3.8, 4) is 0 Å². The Labute approximate surface area is 231 Å². The molecule has 0 spiro atoms. The van der Waals surface area contributed by atoms with Gasteiger partial charge in [0.2, 0.25) is 0 Å². The molecule has 0 radical (unpaired) electrons. The molecule has 1 saturated carbocycles. The normalized spacial score (nSPS) is 26.4. The SMILES string of the molecule is CC[C@]1(C2(O[Si](C)(C)C(C)(C)C)CC2)O[C@@H](n2cc(C)c(=O)[nH]c2=O)[C@@H](OC(C)=O)C1OCc1ccccc1. The number of ether oxygens (including phenoxy) is 3. The number of hydrogen-bond acceptors (Lipinski definition) is 7. The molecule has 0 amide bonds. The summed E-state index contributed by atoms with van der Waals surface area (Å²) < 4.78 is 27.8. The highest BCUT2D eigenvalue weighted by atomic mass is 28.4. The predicted octanol–water partition coefficient (Wildman–Crippen LogP) is 4.59. The number of carbonyl (C=O) groups is 1. The fraction of sp³-hybridized carbons (Fsp3) is 0.621. The molecule has 1 saturated heterocycles. The van der Waals surface area contributed by atoms with Crippen molar-refractivity contribution < 1.29 is 23.4 Å². The molecule has 1 aliphatic heterocycles. The van der Waals surface area contributed by atoms with Gasteiger partial charge in [-0.2, -0.15) is 0 Å². The first-order chi connectivity index (χ1) is 18.2. The number of nitrogens with zero attached hydrogens (tertiary/aromatic N) is 1. The summed E-state index contributed by atoms with van der Waals surface area (Å²) in [5.74, 6) is -0.516. The lowest BCUT2D eigenvalue weighted by atomic mass is 9.84. The van der Waals surface area contributed by atoms with Crippen molar-refractivity contribution in [2.75, 3.05) is 0 Å². The lowest BCUT2D eigenvalue weighted by Crippen LogP contribution is -2.60. The molecule has 1 aromatic heterocycles. The van der Waals surface area contributed by atoms with E-state index in [1.165, 1.54) is 17.7 Å². The molecule has 4 atom stereocenters. The maximum Gasteiger partial charge on any atom is 0.330 e. The van der Waals surface area contributed by atoms with E-state index in [4.69, 9.17) is 18.6 Å². The molecule has 9 nitrogen and oxygen atoms in total. The summed E-state index contributed by atoms with van der Waals surface area (Å²) in [6, 6.07) is 9.75. The second kappa shape index (κ2) is 10.5. The van der Waals surface area contributed by atoms with Crippen LogP contribution in [0, 0.1) is 6.92 Å². The van der Waals surface area contributed by atoms with Crippen LogP contribution in [0.2, 0.25) is 18.1 Å². The number of benzene rings is 1. The Hall–Kier alpha value is -2.53. The fourth-order valence-corrected chi connectivity index (χ4v) is 7.06. The zero-order valence-electron chi connectivity index (χ0n) is 24.3. The molecule has 2 fully saturated rings. The van der Waals surface area contributed by atoms with Gasteiger partial charge in [0.1, 0.15) is 11.7 Å². The summed E-state index contributed by atoms with van der Waals surface area (Å²) in [5, 5.41) is -0.0435. The van der Waals surface area contributed by atoms with Crippen molar-refractivity contribution in [3.63, 3.8) is 0 Å². The summed E-state index contributed by atoms with van der Waals surface area (Å²) in [5.41, 5.74) is -1.49. The minimum Gasteiger partial charge on any atom is -0.455 e. The molecule has 2 heterocycles. The molecule has 214 valence electrons. The van der Waals surface area contributed by atoms with E-state index in [0.717, 1.165) is 18.4 Å². The largest absolute Gasteiger partial charge is 0.455 e. The number of aromatic amines is 1. The van der Waals surface area contributed by atoms with E-state index >= 15 is 0 Å². The van der Waals surface area contributed by atoms with Crippen molar-refractivity contribution >= 4 is 14.3 Å². The molecule has 1 aromatic carbocycles. The molecular formula is C29H42N2O7Si. The Balaban J connectivity index is 1.85. The maximum atomic E-state index is 13.0. The van der Waals surface area contributed by atoms with Crippen molar-refractivity contribution in [3.05, 3.63) is 68.5 Å². The van der Waals surface area contributed by atoms with Gasteiger partial charge < -0.3 is 18.6 Å². The van der Waals surface area contributed by atoms with Gasteiger partial charge in [-0.05, 0) is 49.9 Å². The second-order valence-electron chi connectivity index (χ2n) is 12.4. The first-order valence-electron chi connectivity index (χ1n) is 13.7. The number of H-pyrrole nitrogens is 1. The zero-order chi connectivity index (χ0) is 28.8. The van der Waals surface area contributed by atoms with Gasteiger partial charge in [0, 0.05) is 18.7 Å². The average molecular weight is 559 g/mol. The molecule has 10 heteroatoms. The van der Waals surface area contributed by atoms with Crippen molar-refractivity contribution in [1.29, 1.82) is 0 Å². The van der Waals surface area contributed by atoms with Crippen molar-refractivity contribution in [2.45, 2.75) is 115 Å². The molecule has 1 N–H and O–H groups in total. The van der Waals surface area contributed by atoms with Gasteiger partial charge in [0.15, 0.2) is 20.6 Å². The van der Waals surface area contributed by atoms with Gasteiger partial charge >= 0.3 is 11.7 Å². The number of hydrogen-bond donors (Lipinski definition) is 1.